The number of hydrogen-bond donors (Lipinski definition) is 1. The summed E-state index contributed by atoms with van der Waals surface area (Å²) in [6, 6.07) is 3.96. The smallest absolute Gasteiger partial charge is 0.426 e. The van der Waals surface area contributed by atoms with Crippen molar-refractivity contribution in [2.24, 2.45) is 0 Å². The van der Waals surface area contributed by atoms with Gasteiger partial charge in [-0.2, -0.15) is 21.6 Å². The zero-order valence-electron chi connectivity index (χ0n) is 11.4. The number of benzene rings is 1. The molecule has 1 rings (SSSR count). The summed E-state index contributed by atoms with van der Waals surface area (Å²) in [5.41, 5.74) is 1.09. The molecular weight excluding hydrogens is 324 g/mol. The molecule has 10 heteroatoms. The summed E-state index contributed by atoms with van der Waals surface area (Å²) in [6.45, 7) is 1.61. The van der Waals surface area contributed by atoms with E-state index >= 15 is 0 Å². The summed E-state index contributed by atoms with van der Waals surface area (Å²) >= 11 is 0. The molecule has 0 aliphatic rings. The Morgan fingerprint density at radius 3 is 2.41 bits per heavy atom. The fraction of sp³-hybridized carbons (Fsp3) is 0.417. The van der Waals surface area contributed by atoms with E-state index in [-0.39, 0.29) is 11.9 Å². The van der Waals surface area contributed by atoms with Gasteiger partial charge in [-0.15, -0.1) is 0 Å². The lowest BCUT2D eigenvalue weighted by Crippen LogP contribution is -2.39. The van der Waals surface area contributed by atoms with E-state index in [0.29, 0.717) is 11.1 Å². The molecule has 22 heavy (non-hydrogen) atoms. The third kappa shape index (κ3) is 5.34. The molecule has 0 aliphatic carbocycles. The van der Waals surface area contributed by atoms with E-state index in [1.165, 1.54) is 18.2 Å². The molecule has 1 N–H and O–H groups in total. The van der Waals surface area contributed by atoms with Gasteiger partial charge in [-0.3, -0.25) is 4.55 Å². The van der Waals surface area contributed by atoms with E-state index in [1.54, 1.807) is 6.92 Å². The van der Waals surface area contributed by atoms with Crippen LogP contribution in [0.3, 0.4) is 0 Å². The molecule has 1 aromatic carbocycles. The van der Waals surface area contributed by atoms with Crippen LogP contribution in [0.15, 0.2) is 18.2 Å². The summed E-state index contributed by atoms with van der Waals surface area (Å²) in [7, 11) is 0.458. The second-order valence-corrected chi connectivity index (χ2v) is 6.03. The zero-order chi connectivity index (χ0) is 17.1. The molecule has 0 aliphatic heterocycles. The molecule has 0 fully saturated rings. The highest BCUT2D eigenvalue weighted by Gasteiger charge is 2.45. The van der Waals surface area contributed by atoms with Crippen LogP contribution in [0, 0.1) is 6.92 Å². The lowest BCUT2D eigenvalue weighted by molar-refractivity contribution is -0.197. The maximum absolute atomic E-state index is 12.7. The summed E-state index contributed by atoms with van der Waals surface area (Å²) in [5, 5.41) is 0. The van der Waals surface area contributed by atoms with Crippen LogP contribution < -0.4 is 0 Å². The lowest BCUT2D eigenvalue weighted by Gasteiger charge is -2.19. The normalized spacial score (nSPS) is 13.7. The van der Waals surface area contributed by atoms with Crippen LogP contribution in [0.5, 0.6) is 0 Å². The molecule has 1 unspecified atom stereocenters. The number of ether oxygens (including phenoxy) is 1. The molecule has 120 valence electrons. The third-order valence-electron chi connectivity index (χ3n) is 2.77. The zero-order valence-corrected chi connectivity index (χ0v) is 12.2. The standard InChI is InChI=1S/C12H12BF3O5S/c1-7-4-8(2-3-9(7)5-13)11(17)21-10(12(14,15)16)6-22(18,19)20/h2-4,10H,5-6H2,1H3,(H,18,19,20). The van der Waals surface area contributed by atoms with Gasteiger partial charge in [0.25, 0.3) is 10.1 Å². The number of esters is 1. The molecule has 0 heterocycles. The average molecular weight is 336 g/mol. The second-order valence-electron chi connectivity index (χ2n) is 4.53. The Hall–Kier alpha value is -1.55. The third-order valence-corrected chi connectivity index (χ3v) is 3.50. The quantitative estimate of drug-likeness (QED) is 0.502. The Labute approximate surface area is 126 Å². The lowest BCUT2D eigenvalue weighted by atomic mass is 9.92. The Morgan fingerprint density at radius 1 is 1.41 bits per heavy atom. The van der Waals surface area contributed by atoms with Crippen LogP contribution in [0.2, 0.25) is 0 Å². The molecule has 2 radical (unpaired) electrons. The Morgan fingerprint density at radius 2 is 2.00 bits per heavy atom. The van der Waals surface area contributed by atoms with E-state index in [9.17, 15) is 26.4 Å². The number of carbonyl (C=O) groups is 1. The van der Waals surface area contributed by atoms with Gasteiger partial charge in [-0.05, 0) is 24.6 Å². The first-order chi connectivity index (χ1) is 9.94. The average Bonchev–Trinajstić information content (AvgIpc) is 2.35. The highest BCUT2D eigenvalue weighted by Crippen LogP contribution is 2.25. The fourth-order valence-electron chi connectivity index (χ4n) is 1.64. The predicted octanol–water partition coefficient (Wildman–Crippen LogP) is 1.64. The van der Waals surface area contributed by atoms with Crippen molar-refractivity contribution in [3.8, 4) is 0 Å². The number of aryl methyl sites for hydroxylation is 1. The first-order valence-corrected chi connectivity index (χ1v) is 7.57. The topological polar surface area (TPSA) is 80.7 Å². The van der Waals surface area contributed by atoms with E-state index < -0.39 is 34.1 Å². The molecule has 1 aromatic rings. The van der Waals surface area contributed by atoms with Gasteiger partial charge in [0.05, 0.1) is 13.4 Å². The Bertz CT molecular complexity index is 657. The Kier molecular flexibility index (Phi) is 5.63. The molecule has 0 saturated carbocycles. The van der Waals surface area contributed by atoms with E-state index in [4.69, 9.17) is 12.4 Å². The van der Waals surface area contributed by atoms with Crippen LogP contribution in [-0.2, 0) is 21.2 Å². The van der Waals surface area contributed by atoms with Crippen LogP contribution in [0.1, 0.15) is 21.5 Å². The monoisotopic (exact) mass is 336 g/mol. The van der Waals surface area contributed by atoms with E-state index in [2.05, 4.69) is 4.74 Å². The maximum atomic E-state index is 12.7. The summed E-state index contributed by atoms with van der Waals surface area (Å²) in [6.07, 6.45) is -7.89. The number of carbonyl (C=O) groups excluding carboxylic acids is 1. The first-order valence-electron chi connectivity index (χ1n) is 5.96. The number of rotatable bonds is 5. The van der Waals surface area contributed by atoms with Crippen LogP contribution in [0.25, 0.3) is 0 Å². The van der Waals surface area contributed by atoms with Gasteiger partial charge in [0.1, 0.15) is 5.75 Å². The van der Waals surface area contributed by atoms with Crippen molar-refractivity contribution >= 4 is 23.9 Å². The van der Waals surface area contributed by atoms with Crippen LogP contribution >= 0.6 is 0 Å². The van der Waals surface area contributed by atoms with Crippen molar-refractivity contribution < 1.29 is 35.7 Å². The number of halogens is 3. The summed E-state index contributed by atoms with van der Waals surface area (Å²) in [4.78, 5) is 11.7. The van der Waals surface area contributed by atoms with Gasteiger partial charge in [0, 0.05) is 0 Å². The van der Waals surface area contributed by atoms with Crippen molar-refractivity contribution in [2.75, 3.05) is 5.75 Å². The molecular formula is C12H12BF3O5S. The van der Waals surface area contributed by atoms with Gasteiger partial charge in [-0.1, -0.05) is 17.9 Å². The number of hydrogen-bond acceptors (Lipinski definition) is 4. The van der Waals surface area contributed by atoms with Gasteiger partial charge in [0.15, 0.2) is 0 Å². The van der Waals surface area contributed by atoms with Gasteiger partial charge in [0.2, 0.25) is 6.10 Å². The number of alkyl halides is 3. The first kappa shape index (κ1) is 18.5. The van der Waals surface area contributed by atoms with Crippen molar-refractivity contribution in [3.63, 3.8) is 0 Å². The van der Waals surface area contributed by atoms with Gasteiger partial charge in [-0.25, -0.2) is 4.79 Å². The van der Waals surface area contributed by atoms with Crippen molar-refractivity contribution in [1.82, 2.24) is 0 Å². The van der Waals surface area contributed by atoms with E-state index in [0.717, 1.165) is 0 Å². The molecule has 0 amide bonds. The van der Waals surface area contributed by atoms with Crippen molar-refractivity contribution in [2.45, 2.75) is 25.5 Å². The molecule has 1 atom stereocenters. The van der Waals surface area contributed by atoms with Crippen LogP contribution in [0.4, 0.5) is 13.2 Å². The van der Waals surface area contributed by atoms with Crippen LogP contribution in [-0.4, -0.2) is 44.8 Å². The SMILES string of the molecule is [B]Cc1ccc(C(=O)OC(CS(=O)(=O)O)C(F)(F)F)cc1C. The van der Waals surface area contributed by atoms with Crippen molar-refractivity contribution in [1.29, 1.82) is 0 Å². The molecule has 0 aromatic heterocycles. The minimum Gasteiger partial charge on any atom is -0.448 e. The minimum atomic E-state index is -5.13. The van der Waals surface area contributed by atoms with Crippen molar-refractivity contribution in [3.05, 3.63) is 34.9 Å². The Balaban J connectivity index is 2.98. The fourth-order valence-corrected chi connectivity index (χ4v) is 2.28. The van der Waals surface area contributed by atoms with Gasteiger partial charge < -0.3 is 4.74 Å². The predicted molar refractivity (Wildman–Crippen MR) is 72.3 cm³/mol. The molecule has 5 nitrogen and oxygen atoms in total. The molecule has 0 saturated heterocycles. The summed E-state index contributed by atoms with van der Waals surface area (Å²) in [5.74, 6) is -3.11. The minimum absolute atomic E-state index is 0.181. The maximum Gasteiger partial charge on any atom is 0.426 e. The second kappa shape index (κ2) is 6.70. The highest BCUT2D eigenvalue weighted by molar-refractivity contribution is 7.85. The highest BCUT2D eigenvalue weighted by atomic mass is 32.2. The largest absolute Gasteiger partial charge is 0.448 e. The molecule has 0 bridgehead atoms. The molecule has 0 spiro atoms. The van der Waals surface area contributed by atoms with E-state index in [1.807, 2.05) is 0 Å². The van der Waals surface area contributed by atoms with Gasteiger partial charge >= 0.3 is 12.1 Å². The summed E-state index contributed by atoms with van der Waals surface area (Å²) < 4.78 is 71.8.